The molecule has 0 bridgehead atoms. The Hall–Kier alpha value is -4.08. The van der Waals surface area contributed by atoms with E-state index >= 15 is 0 Å². The van der Waals surface area contributed by atoms with Crippen molar-refractivity contribution in [2.75, 3.05) is 79.5 Å². The maximum absolute atomic E-state index is 11.5. The summed E-state index contributed by atoms with van der Waals surface area (Å²) in [6.07, 6.45) is 12.9. The van der Waals surface area contributed by atoms with Crippen molar-refractivity contribution < 1.29 is 57.7 Å². The summed E-state index contributed by atoms with van der Waals surface area (Å²) in [6.45, 7) is 6.58. The SMILES string of the molecule is COc1cccc2c1CCCC2CN(C)CCc1ccc2c(c1)CN(NS(C)(=O)=O)C2.COc1cccc2c1CCCC2CN(C)CCc1ccc2c(c1)CN(NS(C)(=O)=O)C2.CS(=O)(=O)O.CS(=O)(=O)O.O. The molecule has 4 aliphatic rings. The van der Waals surface area contributed by atoms with Crippen LogP contribution in [0.1, 0.15) is 93.2 Å². The van der Waals surface area contributed by atoms with Gasteiger partial charge in [-0.15, -0.1) is 9.66 Å². The molecule has 2 aliphatic heterocycles. The minimum Gasteiger partial charge on any atom is -0.496 e. The van der Waals surface area contributed by atoms with Crippen LogP contribution < -0.4 is 19.1 Å². The van der Waals surface area contributed by atoms with Gasteiger partial charge in [-0.25, -0.2) is 26.9 Å². The second-order valence-corrected chi connectivity index (χ2v) is 25.8. The van der Waals surface area contributed by atoms with E-state index in [1.54, 1.807) is 24.2 Å². The second kappa shape index (κ2) is 27.1. The van der Waals surface area contributed by atoms with Crippen molar-refractivity contribution in [2.24, 2.45) is 0 Å². The van der Waals surface area contributed by atoms with E-state index < -0.39 is 40.3 Å². The van der Waals surface area contributed by atoms with E-state index in [4.69, 9.17) is 18.6 Å². The molecule has 2 atom stereocenters. The first-order valence-corrected chi connectivity index (χ1v) is 31.3. The molecule has 0 radical (unpaired) electrons. The Labute approximate surface area is 434 Å². The summed E-state index contributed by atoms with van der Waals surface area (Å²) in [5.41, 5.74) is 13.1. The van der Waals surface area contributed by atoms with Crippen molar-refractivity contribution in [1.82, 2.24) is 29.5 Å². The van der Waals surface area contributed by atoms with Gasteiger partial charge in [-0.05, 0) is 145 Å². The summed E-state index contributed by atoms with van der Waals surface area (Å²) in [7, 11) is -5.86. The maximum Gasteiger partial charge on any atom is 0.261 e. The van der Waals surface area contributed by atoms with Crippen molar-refractivity contribution in [3.8, 4) is 11.5 Å². The third-order valence-corrected chi connectivity index (χ3v) is 14.0. The Morgan fingerprint density at radius 1 is 0.562 bits per heavy atom. The standard InChI is InChI=1S/2C24H33N3O3S.2CH4O3S.H2O/c2*1-26(15-20-6-4-8-23-22(20)7-5-9-24(23)30-2)13-12-18-10-11-19-16-27(17-21(19)14-18)25-31(3,28)29;2*1-5(2,3)4;/h2*5,7,9-11,14,20,25H,4,6,8,12-13,15-17H2,1-3H3;2*1H3,(H,2,3,4);1H2. The fourth-order valence-electron chi connectivity index (χ4n) is 9.97. The fourth-order valence-corrected chi connectivity index (χ4v) is 11.2. The minimum atomic E-state index is -3.67. The highest BCUT2D eigenvalue weighted by Crippen LogP contribution is 2.38. The zero-order valence-corrected chi connectivity index (χ0v) is 46.6. The fraction of sp³-hybridized carbons (Fsp3) is 0.520. The average Bonchev–Trinajstić information content (AvgIpc) is 3.86. The Balaban J connectivity index is 0.000000264. The first kappa shape index (κ1) is 61.5. The van der Waals surface area contributed by atoms with Crippen LogP contribution in [0.4, 0.5) is 0 Å². The van der Waals surface area contributed by atoms with Crippen LogP contribution in [0.2, 0.25) is 0 Å². The average molecular weight is 1100 g/mol. The molecule has 0 saturated heterocycles. The zero-order valence-electron chi connectivity index (χ0n) is 43.3. The van der Waals surface area contributed by atoms with Crippen molar-refractivity contribution >= 4 is 40.3 Å². The van der Waals surface area contributed by atoms with Crippen LogP contribution in [0.5, 0.6) is 11.5 Å². The normalized spacial score (nSPS) is 17.5. The lowest BCUT2D eigenvalue weighted by molar-refractivity contribution is 0.248. The molecule has 6 N–H and O–H groups in total. The molecule has 0 saturated carbocycles. The number of nitrogens with one attached hydrogen (secondary N) is 2. The number of fused-ring (bicyclic) bond motifs is 4. The van der Waals surface area contributed by atoms with Gasteiger partial charge in [-0.1, -0.05) is 60.7 Å². The monoisotopic (exact) mass is 1100 g/mol. The summed E-state index contributed by atoms with van der Waals surface area (Å²) in [5, 5.41) is 3.51. The smallest absolute Gasteiger partial charge is 0.261 e. The lowest BCUT2D eigenvalue weighted by Gasteiger charge is -2.30. The summed E-state index contributed by atoms with van der Waals surface area (Å²) >= 11 is 0. The molecule has 23 heteroatoms. The minimum absolute atomic E-state index is 0. The number of hydrazine groups is 2. The van der Waals surface area contributed by atoms with Crippen LogP contribution >= 0.6 is 0 Å². The van der Waals surface area contributed by atoms with E-state index in [-0.39, 0.29) is 5.48 Å². The highest BCUT2D eigenvalue weighted by molar-refractivity contribution is 7.88. The van der Waals surface area contributed by atoms with Gasteiger partial charge in [0.2, 0.25) is 20.0 Å². The first-order valence-electron chi connectivity index (χ1n) is 23.8. The van der Waals surface area contributed by atoms with Crippen molar-refractivity contribution in [2.45, 2.75) is 89.4 Å². The molecule has 19 nitrogen and oxygen atoms in total. The molecule has 2 unspecified atom stereocenters. The number of rotatable bonds is 16. The first-order chi connectivity index (χ1) is 33.6. The largest absolute Gasteiger partial charge is 0.496 e. The number of nitrogens with zero attached hydrogens (tertiary/aromatic N) is 4. The third kappa shape index (κ3) is 21.2. The quantitative estimate of drug-likeness (QED) is 0.114. The molecular weight excluding hydrogens is 1020 g/mol. The van der Waals surface area contributed by atoms with E-state index in [9.17, 15) is 33.7 Å². The van der Waals surface area contributed by atoms with Gasteiger partial charge in [-0.2, -0.15) is 16.8 Å². The Morgan fingerprint density at radius 3 is 1.23 bits per heavy atom. The van der Waals surface area contributed by atoms with Crippen molar-refractivity contribution in [1.29, 1.82) is 0 Å². The number of hydrogen-bond donors (Lipinski definition) is 4. The number of methoxy groups -OCH3 is 2. The van der Waals surface area contributed by atoms with Gasteiger partial charge >= 0.3 is 0 Å². The number of likely N-dealkylation sites (N-methyl/N-ethyl adjacent to an activating group) is 2. The number of hydrogen-bond acceptors (Lipinski definition) is 14. The molecular formula is C50H76N6O13S4. The lowest BCUT2D eigenvalue weighted by atomic mass is 9.82. The lowest BCUT2D eigenvalue weighted by Crippen LogP contribution is -2.37. The molecule has 2 heterocycles. The van der Waals surface area contributed by atoms with Crippen LogP contribution in [-0.2, 0) is 92.1 Å². The maximum atomic E-state index is 11.5. The van der Waals surface area contributed by atoms with Crippen molar-refractivity contribution in [3.63, 3.8) is 0 Å². The van der Waals surface area contributed by atoms with Gasteiger partial charge in [0.15, 0.2) is 0 Å². The highest BCUT2D eigenvalue weighted by atomic mass is 32.2. The van der Waals surface area contributed by atoms with Gasteiger partial charge in [0.1, 0.15) is 11.5 Å². The molecule has 0 fully saturated rings. The third-order valence-electron chi connectivity index (χ3n) is 12.8. The molecule has 8 rings (SSSR count). The molecule has 0 aromatic heterocycles. The number of sulfonamides is 2. The molecule has 73 heavy (non-hydrogen) atoms. The summed E-state index contributed by atoms with van der Waals surface area (Å²) in [5.74, 6) is 3.17. The molecule has 4 aromatic carbocycles. The Bertz CT molecular complexity index is 2710. The van der Waals surface area contributed by atoms with Gasteiger partial charge in [0.05, 0.1) is 39.2 Å². The van der Waals surface area contributed by atoms with E-state index in [1.807, 2.05) is 0 Å². The number of ether oxygens (including phenoxy) is 2. The van der Waals surface area contributed by atoms with Gasteiger partial charge in [0, 0.05) is 52.4 Å². The number of benzene rings is 4. The molecule has 4 aromatic rings. The molecule has 0 spiro atoms. The van der Waals surface area contributed by atoms with E-state index in [1.165, 1.54) is 93.8 Å². The van der Waals surface area contributed by atoms with Crippen LogP contribution in [0, 0.1) is 0 Å². The Kier molecular flexibility index (Phi) is 22.8. The summed E-state index contributed by atoms with van der Waals surface area (Å²) in [4.78, 5) is 10.0. The summed E-state index contributed by atoms with van der Waals surface area (Å²) in [6, 6.07) is 26.0. The second-order valence-electron chi connectivity index (χ2n) is 19.4. The van der Waals surface area contributed by atoms with Crippen LogP contribution in [0.25, 0.3) is 0 Å². The predicted molar refractivity (Wildman–Crippen MR) is 286 cm³/mol. The van der Waals surface area contributed by atoms with Gasteiger partial charge < -0.3 is 24.7 Å². The summed E-state index contributed by atoms with van der Waals surface area (Å²) < 4.78 is 109. The van der Waals surface area contributed by atoms with Crippen LogP contribution in [-0.4, -0.2) is 148 Å². The van der Waals surface area contributed by atoms with Gasteiger partial charge in [-0.3, -0.25) is 9.11 Å². The van der Waals surface area contributed by atoms with Crippen LogP contribution in [0.15, 0.2) is 72.8 Å². The van der Waals surface area contributed by atoms with E-state index in [2.05, 4.69) is 106 Å². The zero-order chi connectivity index (χ0) is 53.0. The highest BCUT2D eigenvalue weighted by Gasteiger charge is 2.27. The van der Waals surface area contributed by atoms with Gasteiger partial charge in [0.25, 0.3) is 20.2 Å². The molecule has 0 amide bonds. The van der Waals surface area contributed by atoms with E-state index in [0.717, 1.165) is 63.4 Å². The molecule has 2 aliphatic carbocycles. The topological polar surface area (TPSA) is 264 Å². The Morgan fingerprint density at radius 2 is 0.904 bits per heavy atom. The molecule has 408 valence electrons. The van der Waals surface area contributed by atoms with Crippen molar-refractivity contribution in [3.05, 3.63) is 128 Å². The van der Waals surface area contributed by atoms with Crippen LogP contribution in [0.3, 0.4) is 0 Å². The predicted octanol–water partition coefficient (Wildman–Crippen LogP) is 4.32. The van der Waals surface area contributed by atoms with E-state index in [0.29, 0.717) is 50.5 Å².